The number of thiophene rings is 1. The van der Waals surface area contributed by atoms with E-state index in [9.17, 15) is 9.59 Å². The largest absolute Gasteiger partial charge is 0.465 e. The Kier molecular flexibility index (Phi) is 5.48. The molecule has 4 rings (SSSR count). The van der Waals surface area contributed by atoms with Crippen molar-refractivity contribution in [1.29, 1.82) is 0 Å². The van der Waals surface area contributed by atoms with E-state index in [-0.39, 0.29) is 5.91 Å². The second kappa shape index (κ2) is 8.05. The van der Waals surface area contributed by atoms with E-state index in [1.807, 2.05) is 0 Å². The monoisotopic (exact) mass is 429 g/mol. The molecule has 1 aromatic carbocycles. The molecular weight excluding hydrogens is 410 g/mol. The van der Waals surface area contributed by atoms with Gasteiger partial charge in [-0.05, 0) is 61.1 Å². The fourth-order valence-corrected chi connectivity index (χ4v) is 5.18. The highest BCUT2D eigenvalue weighted by atomic mass is 35.5. The highest BCUT2D eigenvalue weighted by Gasteiger charge is 2.29. The molecule has 1 N–H and O–H groups in total. The van der Waals surface area contributed by atoms with Crippen molar-refractivity contribution < 1.29 is 19.1 Å². The first-order valence-corrected chi connectivity index (χ1v) is 10.5. The number of ether oxygens (including phenoxy) is 2. The fourth-order valence-electron chi connectivity index (χ4n) is 3.61. The van der Waals surface area contributed by atoms with Crippen LogP contribution in [-0.4, -0.2) is 19.0 Å². The van der Waals surface area contributed by atoms with E-state index in [1.165, 1.54) is 24.7 Å². The molecule has 1 atom stereocenters. The number of halogens is 1. The number of carbonyl (C=O) groups is 2. The standard InChI is InChI=1S/C22H20ClNO4S/c1-12-3-5-16-18(9-12)29-21(19(16)22(26)27-2)24-20(25)13-7-8-28-17-6-4-15(23)11-14(17)10-13/h4,6-8,10-12H,3,5,9H2,1-2H3,(H,24,25)/t12-/m1/s1. The van der Waals surface area contributed by atoms with Gasteiger partial charge in [0.2, 0.25) is 0 Å². The summed E-state index contributed by atoms with van der Waals surface area (Å²) in [7, 11) is 1.36. The average molecular weight is 430 g/mol. The average Bonchev–Trinajstić information content (AvgIpc) is 2.90. The maximum absolute atomic E-state index is 13.0. The number of nitrogens with one attached hydrogen (secondary N) is 1. The molecule has 0 saturated heterocycles. The van der Waals surface area contributed by atoms with Gasteiger partial charge in [0.15, 0.2) is 0 Å². The van der Waals surface area contributed by atoms with Crippen LogP contribution >= 0.6 is 22.9 Å². The Morgan fingerprint density at radius 2 is 2.17 bits per heavy atom. The molecule has 0 spiro atoms. The molecule has 2 heterocycles. The Morgan fingerprint density at radius 1 is 1.34 bits per heavy atom. The van der Waals surface area contributed by atoms with Gasteiger partial charge in [-0.2, -0.15) is 0 Å². The number of rotatable bonds is 3. The van der Waals surface area contributed by atoms with Crippen LogP contribution in [0.25, 0.3) is 6.08 Å². The number of esters is 1. The second-order valence-corrected chi connectivity index (χ2v) is 8.75. The third-order valence-electron chi connectivity index (χ3n) is 5.12. The Balaban J connectivity index is 1.67. The zero-order valence-electron chi connectivity index (χ0n) is 16.1. The van der Waals surface area contributed by atoms with E-state index in [4.69, 9.17) is 21.1 Å². The number of amides is 1. The van der Waals surface area contributed by atoms with Crippen LogP contribution in [0.1, 0.15) is 39.7 Å². The minimum absolute atomic E-state index is 0.325. The number of hydrogen-bond acceptors (Lipinski definition) is 5. The molecular formula is C22H20ClNO4S. The number of fused-ring (bicyclic) bond motifs is 2. The summed E-state index contributed by atoms with van der Waals surface area (Å²) in [5.41, 5.74) is 2.59. The molecule has 1 aromatic heterocycles. The predicted octanol–water partition coefficient (Wildman–Crippen LogP) is 5.24. The van der Waals surface area contributed by atoms with Crippen LogP contribution in [0, 0.1) is 5.92 Å². The van der Waals surface area contributed by atoms with E-state index in [2.05, 4.69) is 12.2 Å². The molecule has 0 radical (unpaired) electrons. The smallest absolute Gasteiger partial charge is 0.341 e. The van der Waals surface area contributed by atoms with Crippen molar-refractivity contribution in [2.75, 3.05) is 12.4 Å². The van der Waals surface area contributed by atoms with Gasteiger partial charge in [-0.15, -0.1) is 11.3 Å². The molecule has 1 aliphatic heterocycles. The fraction of sp³-hybridized carbons (Fsp3) is 0.273. The first-order valence-electron chi connectivity index (χ1n) is 9.35. The number of methoxy groups -OCH3 is 1. The molecule has 0 saturated carbocycles. The van der Waals surface area contributed by atoms with E-state index < -0.39 is 5.97 Å². The number of anilines is 1. The van der Waals surface area contributed by atoms with Gasteiger partial charge < -0.3 is 14.8 Å². The van der Waals surface area contributed by atoms with Crippen molar-refractivity contribution in [3.8, 4) is 5.75 Å². The Morgan fingerprint density at radius 3 is 2.97 bits per heavy atom. The van der Waals surface area contributed by atoms with Gasteiger partial charge in [0.1, 0.15) is 10.8 Å². The van der Waals surface area contributed by atoms with Gasteiger partial charge in [0.25, 0.3) is 5.91 Å². The minimum Gasteiger partial charge on any atom is -0.465 e. The Hall–Kier alpha value is -2.57. The number of hydrogen-bond donors (Lipinski definition) is 1. The highest BCUT2D eigenvalue weighted by Crippen LogP contribution is 2.40. The summed E-state index contributed by atoms with van der Waals surface area (Å²) >= 11 is 7.53. The van der Waals surface area contributed by atoms with Crippen molar-refractivity contribution in [1.82, 2.24) is 0 Å². The summed E-state index contributed by atoms with van der Waals surface area (Å²) in [6.45, 7) is 2.20. The molecule has 0 bridgehead atoms. The van der Waals surface area contributed by atoms with Crippen molar-refractivity contribution in [3.05, 3.63) is 62.7 Å². The molecule has 29 heavy (non-hydrogen) atoms. The third-order valence-corrected chi connectivity index (χ3v) is 6.52. The number of carbonyl (C=O) groups excluding carboxylic acids is 2. The lowest BCUT2D eigenvalue weighted by Crippen LogP contribution is -2.16. The van der Waals surface area contributed by atoms with Crippen molar-refractivity contribution in [2.24, 2.45) is 5.92 Å². The van der Waals surface area contributed by atoms with Gasteiger partial charge in [-0.3, -0.25) is 4.79 Å². The maximum atomic E-state index is 13.0. The molecule has 2 aliphatic rings. The predicted molar refractivity (Wildman–Crippen MR) is 115 cm³/mol. The van der Waals surface area contributed by atoms with Crippen molar-refractivity contribution >= 4 is 45.9 Å². The minimum atomic E-state index is -0.418. The van der Waals surface area contributed by atoms with Crippen LogP contribution in [0.3, 0.4) is 0 Å². The lowest BCUT2D eigenvalue weighted by molar-refractivity contribution is -0.112. The van der Waals surface area contributed by atoms with E-state index in [0.717, 1.165) is 29.7 Å². The van der Waals surface area contributed by atoms with E-state index >= 15 is 0 Å². The first-order chi connectivity index (χ1) is 14.0. The zero-order valence-corrected chi connectivity index (χ0v) is 17.7. The van der Waals surface area contributed by atoms with Crippen LogP contribution in [-0.2, 0) is 22.4 Å². The summed E-state index contributed by atoms with van der Waals surface area (Å²) in [6, 6.07) is 5.22. The molecule has 0 fully saturated rings. The molecule has 2 aromatic rings. The molecule has 5 nitrogen and oxygen atoms in total. The van der Waals surface area contributed by atoms with Crippen LogP contribution in [0.4, 0.5) is 5.00 Å². The molecule has 0 unspecified atom stereocenters. The summed E-state index contributed by atoms with van der Waals surface area (Å²) in [5.74, 6) is 0.429. The molecule has 1 aliphatic carbocycles. The van der Waals surface area contributed by atoms with Gasteiger partial charge in [-0.25, -0.2) is 4.79 Å². The van der Waals surface area contributed by atoms with Crippen LogP contribution in [0.15, 0.2) is 36.1 Å². The lowest BCUT2D eigenvalue weighted by atomic mass is 9.88. The highest BCUT2D eigenvalue weighted by molar-refractivity contribution is 7.17. The Bertz CT molecular complexity index is 1050. The topological polar surface area (TPSA) is 64.6 Å². The van der Waals surface area contributed by atoms with Crippen LogP contribution in [0.2, 0.25) is 5.02 Å². The third kappa shape index (κ3) is 3.95. The van der Waals surface area contributed by atoms with E-state index in [1.54, 1.807) is 30.4 Å². The van der Waals surface area contributed by atoms with Gasteiger partial charge in [0.05, 0.1) is 18.9 Å². The normalized spacial score (nSPS) is 17.3. The van der Waals surface area contributed by atoms with Crippen LogP contribution in [0.5, 0.6) is 5.75 Å². The van der Waals surface area contributed by atoms with Crippen molar-refractivity contribution in [3.63, 3.8) is 0 Å². The summed E-state index contributed by atoms with van der Waals surface area (Å²) in [5, 5.41) is 4.00. The lowest BCUT2D eigenvalue weighted by Gasteiger charge is -2.18. The quantitative estimate of drug-likeness (QED) is 0.677. The summed E-state index contributed by atoms with van der Waals surface area (Å²) in [4.78, 5) is 26.6. The summed E-state index contributed by atoms with van der Waals surface area (Å²) < 4.78 is 10.5. The maximum Gasteiger partial charge on any atom is 0.341 e. The number of benzene rings is 1. The second-order valence-electron chi connectivity index (χ2n) is 7.20. The Labute approximate surface area is 178 Å². The van der Waals surface area contributed by atoms with Crippen LogP contribution < -0.4 is 10.1 Å². The van der Waals surface area contributed by atoms with Gasteiger partial charge >= 0.3 is 5.97 Å². The zero-order chi connectivity index (χ0) is 20.5. The first kappa shape index (κ1) is 19.7. The van der Waals surface area contributed by atoms with Crippen molar-refractivity contribution in [2.45, 2.75) is 26.2 Å². The van der Waals surface area contributed by atoms with Gasteiger partial charge in [-0.1, -0.05) is 18.5 Å². The van der Waals surface area contributed by atoms with Gasteiger partial charge in [0, 0.05) is 21.0 Å². The van der Waals surface area contributed by atoms with E-state index in [0.29, 0.717) is 38.4 Å². The SMILES string of the molecule is COC(=O)c1c(NC(=O)C2=Cc3cc(Cl)ccc3OC=C2)sc2c1CC[C@@H](C)C2. The summed E-state index contributed by atoms with van der Waals surface area (Å²) in [6.07, 6.45) is 7.51. The molecule has 150 valence electrons. The molecule has 1 amide bonds. The molecule has 7 heteroatoms.